The zero-order valence-corrected chi connectivity index (χ0v) is 21.8. The van der Waals surface area contributed by atoms with E-state index >= 15 is 0 Å². The van der Waals surface area contributed by atoms with Gasteiger partial charge in [-0.25, -0.2) is 0 Å². The van der Waals surface area contributed by atoms with Crippen LogP contribution in [0.1, 0.15) is 34.7 Å². The predicted octanol–water partition coefficient (Wildman–Crippen LogP) is 5.25. The summed E-state index contributed by atoms with van der Waals surface area (Å²) in [6.45, 7) is 4.09. The first-order valence-electron chi connectivity index (χ1n) is 12.1. The Bertz CT molecular complexity index is 1420. The molecule has 2 aromatic heterocycles. The number of nitrogens with one attached hydrogen (secondary N) is 2. The fourth-order valence-electron chi connectivity index (χ4n) is 4.91. The van der Waals surface area contributed by atoms with E-state index in [1.807, 2.05) is 67.7 Å². The molecule has 2 aromatic carbocycles. The first-order chi connectivity index (χ1) is 18.0. The van der Waals surface area contributed by atoms with Gasteiger partial charge in [0.05, 0.1) is 11.7 Å². The number of pyridine rings is 1. The van der Waals surface area contributed by atoms with Crippen LogP contribution in [0.15, 0.2) is 85.1 Å². The number of anilines is 2. The number of hydrogen-bond donors (Lipinski definition) is 2. The number of thiocarbonyl (C=S) groups is 1. The summed E-state index contributed by atoms with van der Waals surface area (Å²) in [5, 5.41) is 7.06. The first-order valence-corrected chi connectivity index (χ1v) is 12.5. The summed E-state index contributed by atoms with van der Waals surface area (Å²) in [4.78, 5) is 18.9. The van der Waals surface area contributed by atoms with E-state index in [1.165, 1.54) is 7.11 Å². The van der Waals surface area contributed by atoms with Crippen molar-refractivity contribution in [3.05, 3.63) is 108 Å². The van der Waals surface area contributed by atoms with Crippen molar-refractivity contribution in [1.29, 1.82) is 0 Å². The van der Waals surface area contributed by atoms with Crippen molar-refractivity contribution in [2.75, 3.05) is 23.9 Å². The number of carbonyl (C=O) groups excluding carboxylic acids is 1. The molecular weight excluding hydrogens is 482 g/mol. The van der Waals surface area contributed by atoms with Gasteiger partial charge in [0.2, 0.25) is 5.91 Å². The molecule has 1 fully saturated rings. The van der Waals surface area contributed by atoms with E-state index in [4.69, 9.17) is 17.0 Å². The van der Waals surface area contributed by atoms with Crippen molar-refractivity contribution >= 4 is 34.6 Å². The predicted molar refractivity (Wildman–Crippen MR) is 150 cm³/mol. The highest BCUT2D eigenvalue weighted by Crippen LogP contribution is 2.43. The molecule has 3 heterocycles. The Kier molecular flexibility index (Phi) is 7.03. The van der Waals surface area contributed by atoms with E-state index in [-0.39, 0.29) is 24.6 Å². The van der Waals surface area contributed by atoms with Crippen LogP contribution in [0.5, 0.6) is 0 Å². The monoisotopic (exact) mass is 511 g/mol. The molecule has 2 atom stereocenters. The minimum Gasteiger partial charge on any atom is -0.375 e. The largest absolute Gasteiger partial charge is 0.375 e. The summed E-state index contributed by atoms with van der Waals surface area (Å²) in [7, 11) is 1.50. The first kappa shape index (κ1) is 24.7. The second kappa shape index (κ2) is 10.5. The van der Waals surface area contributed by atoms with Crippen LogP contribution in [0.2, 0.25) is 0 Å². The van der Waals surface area contributed by atoms with Gasteiger partial charge in [0.1, 0.15) is 12.6 Å². The van der Waals surface area contributed by atoms with Crippen LogP contribution < -0.4 is 15.5 Å². The summed E-state index contributed by atoms with van der Waals surface area (Å²) in [6, 6.07) is 26.2. The molecule has 7 nitrogen and oxygen atoms in total. The molecule has 0 unspecified atom stereocenters. The summed E-state index contributed by atoms with van der Waals surface area (Å²) >= 11 is 5.92. The van der Waals surface area contributed by atoms with E-state index < -0.39 is 0 Å². The molecule has 0 bridgehead atoms. The van der Waals surface area contributed by atoms with Gasteiger partial charge in [-0.3, -0.25) is 9.78 Å². The van der Waals surface area contributed by atoms with Crippen molar-refractivity contribution in [3.8, 4) is 5.69 Å². The van der Waals surface area contributed by atoms with Crippen LogP contribution in [-0.2, 0) is 9.53 Å². The van der Waals surface area contributed by atoms with Crippen LogP contribution in [0, 0.1) is 13.8 Å². The van der Waals surface area contributed by atoms with E-state index in [0.29, 0.717) is 5.11 Å². The number of aryl methyl sites for hydroxylation is 2. The average Bonchev–Trinajstić information content (AvgIpc) is 3.45. The van der Waals surface area contributed by atoms with E-state index in [2.05, 4.69) is 56.3 Å². The van der Waals surface area contributed by atoms with Crippen LogP contribution >= 0.6 is 12.2 Å². The number of amides is 1. The molecule has 1 amide bonds. The quantitative estimate of drug-likeness (QED) is 0.330. The van der Waals surface area contributed by atoms with Crippen molar-refractivity contribution < 1.29 is 9.53 Å². The fraction of sp³-hybridized carbons (Fsp3) is 0.207. The minimum absolute atomic E-state index is 0.00494. The molecular formula is C29H29N5O2S. The van der Waals surface area contributed by atoms with Crippen molar-refractivity contribution in [1.82, 2.24) is 14.9 Å². The number of rotatable bonds is 7. The molecule has 1 saturated heterocycles. The van der Waals surface area contributed by atoms with Gasteiger partial charge in [0.25, 0.3) is 0 Å². The van der Waals surface area contributed by atoms with E-state index in [9.17, 15) is 4.79 Å². The Morgan fingerprint density at radius 3 is 2.51 bits per heavy atom. The molecule has 0 radical (unpaired) electrons. The molecule has 8 heteroatoms. The van der Waals surface area contributed by atoms with Gasteiger partial charge in [-0.2, -0.15) is 0 Å². The molecule has 1 aliphatic rings. The van der Waals surface area contributed by atoms with Crippen LogP contribution in [0.3, 0.4) is 0 Å². The fourth-order valence-corrected chi connectivity index (χ4v) is 5.25. The third-order valence-electron chi connectivity index (χ3n) is 6.56. The third-order valence-corrected chi connectivity index (χ3v) is 6.87. The molecule has 5 rings (SSSR count). The molecule has 37 heavy (non-hydrogen) atoms. The lowest BCUT2D eigenvalue weighted by Crippen LogP contribution is -2.30. The van der Waals surface area contributed by atoms with Gasteiger partial charge in [0, 0.05) is 41.8 Å². The average molecular weight is 512 g/mol. The van der Waals surface area contributed by atoms with Crippen molar-refractivity contribution in [2.45, 2.75) is 25.9 Å². The normalized spacial score (nSPS) is 17.1. The number of aromatic nitrogens is 2. The van der Waals surface area contributed by atoms with Gasteiger partial charge in [-0.1, -0.05) is 24.3 Å². The molecule has 0 saturated carbocycles. The SMILES string of the molecule is COCC(=O)Nc1ccc(N2C(=S)N[C@@H](c3ccccn3)[C@@H]2c2ccc(C)n2-c2ccccc2)cc1C. The smallest absolute Gasteiger partial charge is 0.250 e. The molecule has 4 aromatic rings. The number of para-hydroxylation sites is 1. The minimum atomic E-state index is -0.194. The molecule has 0 spiro atoms. The maximum Gasteiger partial charge on any atom is 0.250 e. The lowest BCUT2D eigenvalue weighted by molar-refractivity contribution is -0.119. The zero-order chi connectivity index (χ0) is 25.9. The van der Waals surface area contributed by atoms with Crippen molar-refractivity contribution in [2.24, 2.45) is 0 Å². The summed E-state index contributed by atoms with van der Waals surface area (Å²) in [5.41, 5.74) is 6.83. The summed E-state index contributed by atoms with van der Waals surface area (Å²) in [5.74, 6) is -0.194. The molecule has 2 N–H and O–H groups in total. The standard InChI is InChI=1S/C29H29N5O2S/c1-19-17-22(13-14-23(19)31-26(35)18-36-3)34-28(27(32-29(34)37)24-11-7-8-16-30-24)25-15-12-20(2)33(25)21-9-5-4-6-10-21/h4-17,27-28H,18H2,1-3H3,(H,31,35)(H,32,37)/t27-,28-/m0/s1. The van der Waals surface area contributed by atoms with Crippen molar-refractivity contribution in [3.63, 3.8) is 0 Å². The van der Waals surface area contributed by atoms with E-state index in [0.717, 1.165) is 39.7 Å². The van der Waals surface area contributed by atoms with E-state index in [1.54, 1.807) is 0 Å². The number of ether oxygens (including phenoxy) is 1. The Hall–Kier alpha value is -4.01. The highest BCUT2D eigenvalue weighted by atomic mass is 32.1. The maximum absolute atomic E-state index is 12.1. The molecule has 0 aliphatic carbocycles. The highest BCUT2D eigenvalue weighted by molar-refractivity contribution is 7.80. The number of methoxy groups -OCH3 is 1. The molecule has 1 aliphatic heterocycles. The van der Waals surface area contributed by atoms with Gasteiger partial charge in [-0.15, -0.1) is 0 Å². The van der Waals surface area contributed by atoms with Gasteiger partial charge >= 0.3 is 0 Å². The number of nitrogens with zero attached hydrogens (tertiary/aromatic N) is 3. The molecule has 188 valence electrons. The maximum atomic E-state index is 12.1. The van der Waals surface area contributed by atoms with Gasteiger partial charge in [0.15, 0.2) is 5.11 Å². The Balaban J connectivity index is 1.61. The lowest BCUT2D eigenvalue weighted by atomic mass is 10.00. The number of hydrogen-bond acceptors (Lipinski definition) is 4. The topological polar surface area (TPSA) is 71.4 Å². The van der Waals surface area contributed by atoms with Crippen LogP contribution in [-0.4, -0.2) is 34.3 Å². The highest BCUT2D eigenvalue weighted by Gasteiger charge is 2.42. The second-order valence-electron chi connectivity index (χ2n) is 9.05. The third kappa shape index (κ3) is 4.85. The van der Waals surface area contributed by atoms with Crippen LogP contribution in [0.4, 0.5) is 11.4 Å². The lowest BCUT2D eigenvalue weighted by Gasteiger charge is -2.30. The summed E-state index contributed by atoms with van der Waals surface area (Å²) in [6.07, 6.45) is 1.81. The Morgan fingerprint density at radius 1 is 1.03 bits per heavy atom. The Labute approximate surface area is 222 Å². The zero-order valence-electron chi connectivity index (χ0n) is 21.0. The van der Waals surface area contributed by atoms with Gasteiger partial charge in [-0.05, 0) is 86.2 Å². The van der Waals surface area contributed by atoms with Crippen LogP contribution in [0.25, 0.3) is 5.69 Å². The second-order valence-corrected chi connectivity index (χ2v) is 9.43. The number of carbonyl (C=O) groups is 1. The Morgan fingerprint density at radius 2 is 1.81 bits per heavy atom. The summed E-state index contributed by atoms with van der Waals surface area (Å²) < 4.78 is 7.22. The number of benzene rings is 2. The van der Waals surface area contributed by atoms with Gasteiger partial charge < -0.3 is 24.8 Å².